The number of carbonyl (C=O) groups is 1. The third-order valence-corrected chi connectivity index (χ3v) is 3.84. The number of benzene rings is 1. The van der Waals surface area contributed by atoms with Gasteiger partial charge < -0.3 is 15.4 Å². The third-order valence-electron chi connectivity index (χ3n) is 2.97. The number of aromatic nitrogens is 1. The molecule has 1 aromatic heterocycles. The van der Waals surface area contributed by atoms with Crippen LogP contribution < -0.4 is 10.5 Å². The van der Waals surface area contributed by atoms with Gasteiger partial charge in [-0.2, -0.15) is 0 Å². The van der Waals surface area contributed by atoms with E-state index in [9.17, 15) is 4.79 Å². The Morgan fingerprint density at radius 2 is 2.19 bits per heavy atom. The smallest absolute Gasteiger partial charge is 0.273 e. The number of amides is 1. The molecule has 0 radical (unpaired) electrons. The van der Waals surface area contributed by atoms with Gasteiger partial charge in [0, 0.05) is 31.1 Å². The Kier molecular flexibility index (Phi) is 5.30. The van der Waals surface area contributed by atoms with Crippen molar-refractivity contribution in [2.45, 2.75) is 20.0 Å². The van der Waals surface area contributed by atoms with Crippen LogP contribution >= 0.6 is 11.3 Å². The second kappa shape index (κ2) is 7.19. The zero-order chi connectivity index (χ0) is 15.2. The zero-order valence-corrected chi connectivity index (χ0v) is 13.0. The molecule has 6 heteroatoms. The van der Waals surface area contributed by atoms with Crippen LogP contribution in [0.2, 0.25) is 0 Å². The molecular weight excluding hydrogens is 286 g/mol. The Hall–Kier alpha value is -1.92. The van der Waals surface area contributed by atoms with E-state index in [1.165, 1.54) is 11.3 Å². The average Bonchev–Trinajstić information content (AvgIpc) is 2.97. The number of thiazole rings is 1. The van der Waals surface area contributed by atoms with Gasteiger partial charge in [0.25, 0.3) is 5.91 Å². The lowest BCUT2D eigenvalue weighted by Crippen LogP contribution is -2.26. The molecule has 0 unspecified atom stereocenters. The van der Waals surface area contributed by atoms with E-state index in [-0.39, 0.29) is 5.91 Å². The Morgan fingerprint density at radius 1 is 1.43 bits per heavy atom. The van der Waals surface area contributed by atoms with Crippen LogP contribution in [-0.4, -0.2) is 29.4 Å². The lowest BCUT2D eigenvalue weighted by atomic mass is 10.2. The van der Waals surface area contributed by atoms with Gasteiger partial charge in [0.1, 0.15) is 16.5 Å². The summed E-state index contributed by atoms with van der Waals surface area (Å²) in [7, 11) is 1.76. The van der Waals surface area contributed by atoms with Gasteiger partial charge in [-0.15, -0.1) is 11.3 Å². The Bertz CT molecular complexity index is 612. The normalized spacial score (nSPS) is 10.4. The summed E-state index contributed by atoms with van der Waals surface area (Å²) in [6, 6.07) is 7.73. The van der Waals surface area contributed by atoms with Crippen LogP contribution in [0.5, 0.6) is 5.75 Å². The number of ether oxygens (including phenoxy) is 1. The lowest BCUT2D eigenvalue weighted by molar-refractivity contribution is 0.0779. The summed E-state index contributed by atoms with van der Waals surface area (Å²) in [5.41, 5.74) is 6.94. The van der Waals surface area contributed by atoms with Crippen LogP contribution in [0, 0.1) is 0 Å². The first-order valence-corrected chi connectivity index (χ1v) is 7.64. The molecule has 0 spiro atoms. The fourth-order valence-corrected chi connectivity index (χ4v) is 2.60. The molecule has 1 aromatic carbocycles. The average molecular weight is 305 g/mol. The molecule has 0 aliphatic carbocycles. The highest BCUT2D eigenvalue weighted by Gasteiger charge is 2.16. The highest BCUT2D eigenvalue weighted by molar-refractivity contribution is 7.09. The summed E-state index contributed by atoms with van der Waals surface area (Å²) >= 11 is 1.40. The lowest BCUT2D eigenvalue weighted by Gasteiger charge is -2.18. The number of nitrogens with zero attached hydrogens (tertiary/aromatic N) is 2. The molecule has 5 nitrogen and oxygen atoms in total. The van der Waals surface area contributed by atoms with Crippen molar-refractivity contribution in [3.05, 3.63) is 45.9 Å². The molecule has 0 aliphatic rings. The molecule has 0 fully saturated rings. The van der Waals surface area contributed by atoms with Gasteiger partial charge in [-0.25, -0.2) is 4.98 Å². The van der Waals surface area contributed by atoms with Gasteiger partial charge in [0.15, 0.2) is 0 Å². The van der Waals surface area contributed by atoms with Crippen molar-refractivity contribution in [3.63, 3.8) is 0 Å². The molecule has 1 heterocycles. The maximum absolute atomic E-state index is 12.3. The van der Waals surface area contributed by atoms with E-state index in [4.69, 9.17) is 10.5 Å². The predicted octanol–water partition coefficient (Wildman–Crippen LogP) is 2.27. The van der Waals surface area contributed by atoms with E-state index in [1.54, 1.807) is 17.3 Å². The summed E-state index contributed by atoms with van der Waals surface area (Å²) in [5, 5.41) is 2.51. The SMILES string of the molecule is CCOc1ccccc1CN(C)C(=O)c1csc(CN)n1. The minimum Gasteiger partial charge on any atom is -0.494 e. The molecule has 2 aromatic rings. The molecule has 112 valence electrons. The van der Waals surface area contributed by atoms with Crippen LogP contribution in [0.1, 0.15) is 28.0 Å². The molecule has 0 saturated carbocycles. The van der Waals surface area contributed by atoms with Gasteiger partial charge >= 0.3 is 0 Å². The fraction of sp³-hybridized carbons (Fsp3) is 0.333. The minimum absolute atomic E-state index is 0.114. The summed E-state index contributed by atoms with van der Waals surface area (Å²) in [5.74, 6) is 0.692. The van der Waals surface area contributed by atoms with E-state index in [2.05, 4.69) is 4.98 Å². The quantitative estimate of drug-likeness (QED) is 0.889. The van der Waals surface area contributed by atoms with Gasteiger partial charge in [-0.1, -0.05) is 18.2 Å². The molecule has 0 saturated heterocycles. The Labute approximate surface area is 128 Å². The summed E-state index contributed by atoms with van der Waals surface area (Å²) < 4.78 is 5.58. The largest absolute Gasteiger partial charge is 0.494 e. The van der Waals surface area contributed by atoms with Crippen LogP contribution in [0.4, 0.5) is 0 Å². The monoisotopic (exact) mass is 305 g/mol. The molecule has 2 N–H and O–H groups in total. The fourth-order valence-electron chi connectivity index (χ4n) is 1.96. The van der Waals surface area contributed by atoms with Crippen LogP contribution in [0.15, 0.2) is 29.6 Å². The molecule has 0 bridgehead atoms. The van der Waals surface area contributed by atoms with Crippen molar-refractivity contribution < 1.29 is 9.53 Å². The number of para-hydroxylation sites is 1. The second-order valence-corrected chi connectivity index (χ2v) is 5.48. The molecule has 0 atom stereocenters. The second-order valence-electron chi connectivity index (χ2n) is 4.53. The first kappa shape index (κ1) is 15.5. The van der Waals surface area contributed by atoms with E-state index < -0.39 is 0 Å². The molecule has 2 rings (SSSR count). The number of rotatable bonds is 6. The molecule has 0 aliphatic heterocycles. The van der Waals surface area contributed by atoms with Crippen molar-refractivity contribution in [1.82, 2.24) is 9.88 Å². The summed E-state index contributed by atoms with van der Waals surface area (Å²) in [6.45, 7) is 3.37. The molecule has 1 amide bonds. The van der Waals surface area contributed by atoms with E-state index in [0.29, 0.717) is 25.4 Å². The van der Waals surface area contributed by atoms with Crippen LogP contribution in [0.3, 0.4) is 0 Å². The Balaban J connectivity index is 2.10. The third kappa shape index (κ3) is 3.80. The van der Waals surface area contributed by atoms with Gasteiger partial charge in [0.05, 0.1) is 6.61 Å². The summed E-state index contributed by atoms with van der Waals surface area (Å²) in [6.07, 6.45) is 0. The number of carbonyl (C=O) groups excluding carboxylic acids is 1. The summed E-state index contributed by atoms with van der Waals surface area (Å²) in [4.78, 5) is 18.2. The minimum atomic E-state index is -0.114. The van der Waals surface area contributed by atoms with Gasteiger partial charge in [-0.3, -0.25) is 4.79 Å². The number of hydrogen-bond donors (Lipinski definition) is 1. The number of nitrogens with two attached hydrogens (primary N) is 1. The first-order valence-electron chi connectivity index (χ1n) is 6.76. The molecular formula is C15H19N3O2S. The van der Waals surface area contributed by atoms with E-state index >= 15 is 0 Å². The van der Waals surface area contributed by atoms with Gasteiger partial charge in [-0.05, 0) is 13.0 Å². The predicted molar refractivity (Wildman–Crippen MR) is 83.4 cm³/mol. The Morgan fingerprint density at radius 3 is 2.86 bits per heavy atom. The maximum Gasteiger partial charge on any atom is 0.273 e. The van der Waals surface area contributed by atoms with Crippen molar-refractivity contribution in [3.8, 4) is 5.75 Å². The topological polar surface area (TPSA) is 68.5 Å². The highest BCUT2D eigenvalue weighted by atomic mass is 32.1. The van der Waals surface area contributed by atoms with Crippen molar-refractivity contribution in [2.75, 3.05) is 13.7 Å². The highest BCUT2D eigenvalue weighted by Crippen LogP contribution is 2.20. The first-order chi connectivity index (χ1) is 10.2. The van der Waals surface area contributed by atoms with Crippen LogP contribution in [-0.2, 0) is 13.1 Å². The van der Waals surface area contributed by atoms with E-state index in [0.717, 1.165) is 16.3 Å². The van der Waals surface area contributed by atoms with Crippen LogP contribution in [0.25, 0.3) is 0 Å². The van der Waals surface area contributed by atoms with Crippen molar-refractivity contribution in [1.29, 1.82) is 0 Å². The van der Waals surface area contributed by atoms with Crippen molar-refractivity contribution >= 4 is 17.2 Å². The van der Waals surface area contributed by atoms with Gasteiger partial charge in [0.2, 0.25) is 0 Å². The molecule has 21 heavy (non-hydrogen) atoms. The van der Waals surface area contributed by atoms with E-state index in [1.807, 2.05) is 31.2 Å². The standard InChI is InChI=1S/C15H19N3O2S/c1-3-20-13-7-5-4-6-11(13)9-18(2)15(19)12-10-21-14(8-16)17-12/h4-7,10H,3,8-9,16H2,1-2H3. The maximum atomic E-state index is 12.3. The van der Waals surface area contributed by atoms with Crippen molar-refractivity contribution in [2.24, 2.45) is 5.73 Å². The number of hydrogen-bond acceptors (Lipinski definition) is 5. The zero-order valence-electron chi connectivity index (χ0n) is 12.2.